The Bertz CT molecular complexity index is 395. The molecule has 2 nitrogen and oxygen atoms in total. The van der Waals surface area contributed by atoms with Gasteiger partial charge in [0.25, 0.3) is 0 Å². The molecule has 0 saturated heterocycles. The van der Waals surface area contributed by atoms with Crippen molar-refractivity contribution in [2.75, 3.05) is 0 Å². The standard InChI is InChI=1S/C16H26N2S/c1-3-11(4-2)15(17-12-9-10-12)16-18-13-7-5-6-8-14(13)19-16/h11-12,15,17H,3-10H2,1-2H3. The zero-order valence-electron chi connectivity index (χ0n) is 12.2. The van der Waals surface area contributed by atoms with Gasteiger partial charge in [-0.1, -0.05) is 26.7 Å². The Kier molecular flexibility index (Phi) is 4.23. The van der Waals surface area contributed by atoms with E-state index in [9.17, 15) is 0 Å². The van der Waals surface area contributed by atoms with Crippen LogP contribution in [-0.4, -0.2) is 11.0 Å². The molecular formula is C16H26N2S. The maximum atomic E-state index is 5.00. The summed E-state index contributed by atoms with van der Waals surface area (Å²) >= 11 is 2.00. The molecule has 1 unspecified atom stereocenters. The third kappa shape index (κ3) is 3.03. The van der Waals surface area contributed by atoms with Crippen molar-refractivity contribution in [2.45, 2.75) is 77.3 Å². The summed E-state index contributed by atoms with van der Waals surface area (Å²) in [4.78, 5) is 6.58. The van der Waals surface area contributed by atoms with Gasteiger partial charge in [-0.2, -0.15) is 0 Å². The molecule has 19 heavy (non-hydrogen) atoms. The molecule has 3 heteroatoms. The number of nitrogens with zero attached hydrogens (tertiary/aromatic N) is 1. The monoisotopic (exact) mass is 278 g/mol. The molecule has 1 aromatic heterocycles. The molecule has 0 bridgehead atoms. The summed E-state index contributed by atoms with van der Waals surface area (Å²) in [6, 6.07) is 1.28. The fraction of sp³-hybridized carbons (Fsp3) is 0.812. The molecule has 1 N–H and O–H groups in total. The average molecular weight is 278 g/mol. The van der Waals surface area contributed by atoms with Gasteiger partial charge in [-0.15, -0.1) is 11.3 Å². The molecule has 0 spiro atoms. The smallest absolute Gasteiger partial charge is 0.110 e. The lowest BCUT2D eigenvalue weighted by Gasteiger charge is -2.24. The molecule has 1 aromatic rings. The van der Waals surface area contributed by atoms with Crippen LogP contribution in [-0.2, 0) is 12.8 Å². The fourth-order valence-electron chi connectivity index (χ4n) is 3.18. The summed E-state index contributed by atoms with van der Waals surface area (Å²) in [5.74, 6) is 0.744. The van der Waals surface area contributed by atoms with Crippen LogP contribution < -0.4 is 5.32 Å². The van der Waals surface area contributed by atoms with Gasteiger partial charge in [-0.25, -0.2) is 4.98 Å². The number of hydrogen-bond donors (Lipinski definition) is 1. The number of thiazole rings is 1. The Morgan fingerprint density at radius 3 is 2.58 bits per heavy atom. The van der Waals surface area contributed by atoms with Crippen LogP contribution in [0, 0.1) is 5.92 Å². The first-order valence-corrected chi connectivity index (χ1v) is 8.88. The highest BCUT2D eigenvalue weighted by molar-refractivity contribution is 7.11. The third-order valence-corrected chi connectivity index (χ3v) is 5.88. The first-order chi connectivity index (χ1) is 9.31. The molecule has 1 atom stereocenters. The van der Waals surface area contributed by atoms with E-state index in [2.05, 4.69) is 19.2 Å². The minimum absolute atomic E-state index is 0.512. The van der Waals surface area contributed by atoms with Crippen LogP contribution in [0.2, 0.25) is 0 Å². The number of aromatic nitrogens is 1. The van der Waals surface area contributed by atoms with Crippen molar-refractivity contribution in [1.29, 1.82) is 0 Å². The Hall–Kier alpha value is -0.410. The normalized spacial score (nSPS) is 20.6. The first-order valence-electron chi connectivity index (χ1n) is 8.06. The Morgan fingerprint density at radius 2 is 1.95 bits per heavy atom. The van der Waals surface area contributed by atoms with Crippen LogP contribution in [0.4, 0.5) is 0 Å². The Labute approximate surface area is 121 Å². The summed E-state index contributed by atoms with van der Waals surface area (Å²) < 4.78 is 0. The quantitative estimate of drug-likeness (QED) is 0.841. The van der Waals surface area contributed by atoms with E-state index in [1.165, 1.54) is 62.1 Å². The van der Waals surface area contributed by atoms with Gasteiger partial charge in [0.15, 0.2) is 0 Å². The zero-order chi connectivity index (χ0) is 13.2. The Balaban J connectivity index is 1.82. The van der Waals surface area contributed by atoms with Crippen molar-refractivity contribution in [1.82, 2.24) is 10.3 Å². The predicted molar refractivity (Wildman–Crippen MR) is 81.7 cm³/mol. The second-order valence-electron chi connectivity index (χ2n) is 6.12. The summed E-state index contributed by atoms with van der Waals surface area (Å²) in [5.41, 5.74) is 1.42. The predicted octanol–water partition coefficient (Wildman–Crippen LogP) is 4.25. The van der Waals surface area contributed by atoms with E-state index in [4.69, 9.17) is 4.98 Å². The van der Waals surface area contributed by atoms with Crippen molar-refractivity contribution < 1.29 is 0 Å². The topological polar surface area (TPSA) is 24.9 Å². The number of fused-ring (bicyclic) bond motifs is 1. The van der Waals surface area contributed by atoms with Gasteiger partial charge >= 0.3 is 0 Å². The summed E-state index contributed by atoms with van der Waals surface area (Å²) in [6.07, 6.45) is 10.4. The van der Waals surface area contributed by atoms with Crippen molar-refractivity contribution in [3.8, 4) is 0 Å². The minimum atomic E-state index is 0.512. The van der Waals surface area contributed by atoms with Crippen LogP contribution in [0.1, 0.15) is 74.0 Å². The van der Waals surface area contributed by atoms with Crippen LogP contribution in [0.3, 0.4) is 0 Å². The molecular weight excluding hydrogens is 252 g/mol. The second kappa shape index (κ2) is 5.92. The average Bonchev–Trinajstić information content (AvgIpc) is 3.15. The van der Waals surface area contributed by atoms with Gasteiger partial charge in [0.2, 0.25) is 0 Å². The van der Waals surface area contributed by atoms with Crippen LogP contribution in [0.15, 0.2) is 0 Å². The second-order valence-corrected chi connectivity index (χ2v) is 7.24. The fourth-order valence-corrected chi connectivity index (χ4v) is 4.49. The molecule has 1 saturated carbocycles. The molecule has 3 rings (SSSR count). The lowest BCUT2D eigenvalue weighted by atomic mass is 9.94. The maximum absolute atomic E-state index is 5.00. The lowest BCUT2D eigenvalue weighted by Crippen LogP contribution is -2.29. The van der Waals surface area contributed by atoms with E-state index in [1.807, 2.05) is 11.3 Å². The molecule has 2 aliphatic rings. The van der Waals surface area contributed by atoms with Gasteiger partial charge in [0.05, 0.1) is 11.7 Å². The van der Waals surface area contributed by atoms with Gasteiger partial charge in [0, 0.05) is 10.9 Å². The van der Waals surface area contributed by atoms with Crippen LogP contribution >= 0.6 is 11.3 Å². The Morgan fingerprint density at radius 1 is 1.21 bits per heavy atom. The molecule has 0 aliphatic heterocycles. The van der Waals surface area contributed by atoms with Crippen LogP contribution in [0.5, 0.6) is 0 Å². The summed E-state index contributed by atoms with van der Waals surface area (Å²) in [7, 11) is 0. The lowest BCUT2D eigenvalue weighted by molar-refractivity contribution is 0.337. The third-order valence-electron chi connectivity index (χ3n) is 4.64. The van der Waals surface area contributed by atoms with Crippen LogP contribution in [0.25, 0.3) is 0 Å². The van der Waals surface area contributed by atoms with E-state index in [0.717, 1.165) is 12.0 Å². The van der Waals surface area contributed by atoms with Gasteiger partial charge in [-0.3, -0.25) is 0 Å². The van der Waals surface area contributed by atoms with E-state index < -0.39 is 0 Å². The molecule has 0 aromatic carbocycles. The molecule has 106 valence electrons. The van der Waals surface area contributed by atoms with E-state index >= 15 is 0 Å². The number of hydrogen-bond acceptors (Lipinski definition) is 3. The number of aryl methyl sites for hydroxylation is 2. The van der Waals surface area contributed by atoms with Gasteiger partial charge < -0.3 is 5.32 Å². The highest BCUT2D eigenvalue weighted by Gasteiger charge is 2.31. The van der Waals surface area contributed by atoms with Crippen molar-refractivity contribution in [3.05, 3.63) is 15.6 Å². The molecule has 1 fully saturated rings. The summed E-state index contributed by atoms with van der Waals surface area (Å²) in [6.45, 7) is 4.65. The maximum Gasteiger partial charge on any atom is 0.110 e. The van der Waals surface area contributed by atoms with E-state index in [1.54, 1.807) is 4.88 Å². The molecule has 0 radical (unpaired) electrons. The van der Waals surface area contributed by atoms with E-state index in [-0.39, 0.29) is 0 Å². The highest BCUT2D eigenvalue weighted by atomic mass is 32.1. The molecule has 0 amide bonds. The highest BCUT2D eigenvalue weighted by Crippen LogP contribution is 2.36. The molecule has 2 aliphatic carbocycles. The SMILES string of the molecule is CCC(CC)C(NC1CC1)c1nc2c(s1)CCCC2. The minimum Gasteiger partial charge on any atom is -0.305 e. The number of rotatable bonds is 6. The van der Waals surface area contributed by atoms with Gasteiger partial charge in [0.1, 0.15) is 5.01 Å². The zero-order valence-corrected chi connectivity index (χ0v) is 13.1. The number of nitrogens with one attached hydrogen (secondary N) is 1. The summed E-state index contributed by atoms with van der Waals surface area (Å²) in [5, 5.41) is 5.25. The van der Waals surface area contributed by atoms with Crippen molar-refractivity contribution in [3.63, 3.8) is 0 Å². The molecule has 1 heterocycles. The largest absolute Gasteiger partial charge is 0.305 e. The first kappa shape index (κ1) is 13.6. The van der Waals surface area contributed by atoms with Crippen molar-refractivity contribution >= 4 is 11.3 Å². The van der Waals surface area contributed by atoms with Gasteiger partial charge in [-0.05, 0) is 44.4 Å². The van der Waals surface area contributed by atoms with E-state index in [0.29, 0.717) is 6.04 Å². The van der Waals surface area contributed by atoms with Crippen molar-refractivity contribution in [2.24, 2.45) is 5.92 Å².